The molecule has 0 atom stereocenters. The Hall–Kier alpha value is -3.55. The fourth-order valence-electron chi connectivity index (χ4n) is 2.46. The van der Waals surface area contributed by atoms with Gasteiger partial charge in [0, 0.05) is 29.2 Å². The Kier molecular flexibility index (Phi) is 6.11. The van der Waals surface area contributed by atoms with E-state index in [1.54, 1.807) is 43.8 Å². The van der Waals surface area contributed by atoms with Crippen LogP contribution < -0.4 is 15.4 Å². The van der Waals surface area contributed by atoms with Crippen LogP contribution >= 0.6 is 0 Å². The molecule has 3 rings (SSSR count). The zero-order valence-corrected chi connectivity index (χ0v) is 15.0. The topological polar surface area (TPSA) is 76.1 Å². The fraction of sp³-hybridized carbons (Fsp3) is 0.150. The van der Waals surface area contributed by atoms with E-state index in [1.807, 2.05) is 24.3 Å². The third kappa shape index (κ3) is 5.00. The number of nitrogens with zero attached hydrogens (tertiary/aromatic N) is 2. The van der Waals surface area contributed by atoms with Crippen LogP contribution in [0.5, 0.6) is 5.75 Å². The van der Waals surface area contributed by atoms with Gasteiger partial charge in [-0.1, -0.05) is 18.2 Å². The lowest BCUT2D eigenvalue weighted by Gasteiger charge is -2.09. The van der Waals surface area contributed by atoms with E-state index in [4.69, 9.17) is 4.74 Å². The number of hydrogen-bond donors (Lipinski definition) is 2. The van der Waals surface area contributed by atoms with Gasteiger partial charge in [0.05, 0.1) is 13.7 Å². The molecule has 0 bridgehead atoms. The minimum Gasteiger partial charge on any atom is -0.497 e. The summed E-state index contributed by atoms with van der Waals surface area (Å²) < 4.78 is 29.6. The number of anilines is 2. The van der Waals surface area contributed by atoms with Gasteiger partial charge in [-0.2, -0.15) is 0 Å². The second-order valence-electron chi connectivity index (χ2n) is 5.83. The highest BCUT2D eigenvalue weighted by atomic mass is 19.3. The first-order valence-electron chi connectivity index (χ1n) is 8.45. The summed E-state index contributed by atoms with van der Waals surface area (Å²) in [6, 6.07) is 14.0. The first-order chi connectivity index (χ1) is 13.5. The number of rotatable bonds is 7. The number of amides is 1. The van der Waals surface area contributed by atoms with E-state index in [9.17, 15) is 13.6 Å². The Bertz CT molecular complexity index is 932. The van der Waals surface area contributed by atoms with Crippen molar-refractivity contribution in [2.45, 2.75) is 6.43 Å². The highest BCUT2D eigenvalue weighted by Crippen LogP contribution is 2.22. The lowest BCUT2D eigenvalue weighted by Crippen LogP contribution is -2.28. The smallest absolute Gasteiger partial charge is 0.255 e. The molecule has 28 heavy (non-hydrogen) atoms. The molecule has 0 radical (unpaired) electrons. The third-order valence-electron chi connectivity index (χ3n) is 3.87. The van der Waals surface area contributed by atoms with Gasteiger partial charge in [-0.15, -0.1) is 0 Å². The predicted molar refractivity (Wildman–Crippen MR) is 102 cm³/mol. The van der Waals surface area contributed by atoms with Crippen molar-refractivity contribution in [3.05, 3.63) is 66.5 Å². The van der Waals surface area contributed by atoms with Gasteiger partial charge in [0.1, 0.15) is 5.75 Å². The zero-order valence-electron chi connectivity index (χ0n) is 15.0. The molecule has 6 nitrogen and oxygen atoms in total. The molecule has 144 valence electrons. The van der Waals surface area contributed by atoms with Crippen molar-refractivity contribution in [3.63, 3.8) is 0 Å². The summed E-state index contributed by atoms with van der Waals surface area (Å²) in [5, 5.41) is 5.16. The van der Waals surface area contributed by atoms with E-state index >= 15 is 0 Å². The molecule has 0 aliphatic heterocycles. The number of alkyl halides is 2. The summed E-state index contributed by atoms with van der Waals surface area (Å²) in [7, 11) is 1.61. The molecule has 2 aromatic carbocycles. The van der Waals surface area contributed by atoms with Gasteiger partial charge < -0.3 is 15.4 Å². The SMILES string of the molecule is COc1ccc(-c2cnc(Nc3cccc(C(=O)NCC(F)F)c3)nc2)cc1. The van der Waals surface area contributed by atoms with Crippen molar-refractivity contribution in [3.8, 4) is 16.9 Å². The minimum absolute atomic E-state index is 0.264. The molecule has 0 spiro atoms. The second kappa shape index (κ2) is 8.90. The van der Waals surface area contributed by atoms with Crippen LogP contribution in [0.3, 0.4) is 0 Å². The van der Waals surface area contributed by atoms with Crippen LogP contribution in [0, 0.1) is 0 Å². The number of carbonyl (C=O) groups excluding carboxylic acids is 1. The zero-order chi connectivity index (χ0) is 19.9. The van der Waals surface area contributed by atoms with E-state index in [0.717, 1.165) is 16.9 Å². The molecule has 1 aromatic heterocycles. The van der Waals surface area contributed by atoms with Crippen LogP contribution in [0.2, 0.25) is 0 Å². The number of aromatic nitrogens is 2. The van der Waals surface area contributed by atoms with E-state index in [0.29, 0.717) is 11.6 Å². The van der Waals surface area contributed by atoms with E-state index in [-0.39, 0.29) is 5.56 Å². The van der Waals surface area contributed by atoms with Gasteiger partial charge in [0.15, 0.2) is 0 Å². The number of ether oxygens (including phenoxy) is 1. The number of hydrogen-bond acceptors (Lipinski definition) is 5. The van der Waals surface area contributed by atoms with Crippen LogP contribution in [-0.2, 0) is 0 Å². The number of benzene rings is 2. The number of nitrogens with one attached hydrogen (secondary N) is 2. The monoisotopic (exact) mass is 384 g/mol. The molecule has 0 unspecified atom stereocenters. The standard InChI is InChI=1S/C20H18F2N4O2/c1-28-17-7-5-13(6-8-17)15-10-24-20(25-11-15)26-16-4-2-3-14(9-16)19(27)23-12-18(21)22/h2-11,18H,12H2,1H3,(H,23,27)(H,24,25,26). The third-order valence-corrected chi connectivity index (χ3v) is 3.87. The molecular formula is C20H18F2N4O2. The first-order valence-corrected chi connectivity index (χ1v) is 8.45. The molecule has 3 aromatic rings. The van der Waals surface area contributed by atoms with Crippen LogP contribution in [0.25, 0.3) is 11.1 Å². The second-order valence-corrected chi connectivity index (χ2v) is 5.83. The van der Waals surface area contributed by atoms with Crippen LogP contribution in [0.15, 0.2) is 60.9 Å². The lowest BCUT2D eigenvalue weighted by molar-refractivity contribution is 0.0892. The number of carbonyl (C=O) groups is 1. The van der Waals surface area contributed by atoms with Crippen molar-refractivity contribution in [2.75, 3.05) is 19.0 Å². The van der Waals surface area contributed by atoms with Crippen LogP contribution in [0.4, 0.5) is 20.4 Å². The molecular weight excluding hydrogens is 366 g/mol. The van der Waals surface area contributed by atoms with Crippen molar-refractivity contribution >= 4 is 17.5 Å². The lowest BCUT2D eigenvalue weighted by atomic mass is 10.1. The normalized spacial score (nSPS) is 10.6. The highest BCUT2D eigenvalue weighted by Gasteiger charge is 2.10. The molecule has 2 N–H and O–H groups in total. The maximum atomic E-state index is 12.2. The van der Waals surface area contributed by atoms with Gasteiger partial charge in [-0.3, -0.25) is 4.79 Å². The molecule has 1 amide bonds. The van der Waals surface area contributed by atoms with E-state index in [1.165, 1.54) is 0 Å². The Labute approximate surface area is 160 Å². The predicted octanol–water partition coefficient (Wildman–Crippen LogP) is 3.89. The maximum Gasteiger partial charge on any atom is 0.255 e. The average molecular weight is 384 g/mol. The Morgan fingerprint density at radius 2 is 1.79 bits per heavy atom. The molecule has 1 heterocycles. The first kappa shape index (κ1) is 19.2. The molecule has 0 fully saturated rings. The largest absolute Gasteiger partial charge is 0.497 e. The Morgan fingerprint density at radius 1 is 1.07 bits per heavy atom. The van der Waals surface area contributed by atoms with Gasteiger partial charge in [0.2, 0.25) is 5.95 Å². The van der Waals surface area contributed by atoms with Gasteiger partial charge in [-0.05, 0) is 35.9 Å². The average Bonchev–Trinajstić information content (AvgIpc) is 2.73. The summed E-state index contributed by atoms with van der Waals surface area (Å²) in [5.41, 5.74) is 2.63. The summed E-state index contributed by atoms with van der Waals surface area (Å²) in [6.07, 6.45) is 0.759. The highest BCUT2D eigenvalue weighted by molar-refractivity contribution is 5.95. The van der Waals surface area contributed by atoms with E-state index < -0.39 is 18.9 Å². The minimum atomic E-state index is -2.59. The van der Waals surface area contributed by atoms with Crippen molar-refractivity contribution < 1.29 is 18.3 Å². The van der Waals surface area contributed by atoms with Crippen molar-refractivity contribution in [1.82, 2.24) is 15.3 Å². The fourth-order valence-corrected chi connectivity index (χ4v) is 2.46. The van der Waals surface area contributed by atoms with E-state index in [2.05, 4.69) is 20.6 Å². The molecule has 0 aliphatic carbocycles. The summed E-state index contributed by atoms with van der Waals surface area (Å²) >= 11 is 0. The summed E-state index contributed by atoms with van der Waals surface area (Å²) in [4.78, 5) is 20.4. The molecule has 0 saturated carbocycles. The van der Waals surface area contributed by atoms with Crippen LogP contribution in [0.1, 0.15) is 10.4 Å². The summed E-state index contributed by atoms with van der Waals surface area (Å²) in [5.74, 6) is 0.544. The quantitative estimate of drug-likeness (QED) is 0.646. The van der Waals surface area contributed by atoms with Crippen molar-refractivity contribution in [1.29, 1.82) is 0 Å². The summed E-state index contributed by atoms with van der Waals surface area (Å²) in [6.45, 7) is -0.688. The van der Waals surface area contributed by atoms with Crippen LogP contribution in [-0.4, -0.2) is 36.0 Å². The van der Waals surface area contributed by atoms with Gasteiger partial charge in [0.25, 0.3) is 12.3 Å². The van der Waals surface area contributed by atoms with Gasteiger partial charge in [-0.25, -0.2) is 18.7 Å². The Balaban J connectivity index is 1.68. The maximum absolute atomic E-state index is 12.2. The number of methoxy groups -OCH3 is 1. The molecule has 0 saturated heterocycles. The number of halogens is 2. The molecule has 8 heteroatoms. The molecule has 0 aliphatic rings. The van der Waals surface area contributed by atoms with Crippen molar-refractivity contribution in [2.24, 2.45) is 0 Å². The Morgan fingerprint density at radius 3 is 2.43 bits per heavy atom. The van der Waals surface area contributed by atoms with Gasteiger partial charge >= 0.3 is 0 Å².